The Morgan fingerprint density at radius 2 is 1.93 bits per heavy atom. The van der Waals surface area contributed by atoms with Gasteiger partial charge in [0.15, 0.2) is 11.5 Å². The molecule has 0 unspecified atom stereocenters. The Balaban J connectivity index is 1.43. The number of rotatable bonds is 7. The summed E-state index contributed by atoms with van der Waals surface area (Å²) in [6.45, 7) is 4.84. The van der Waals surface area contributed by atoms with Crippen LogP contribution in [-0.2, 0) is 6.54 Å². The molecule has 4 rings (SSSR count). The molecule has 3 aromatic rings. The first-order chi connectivity index (χ1) is 13.7. The third kappa shape index (κ3) is 4.25. The highest BCUT2D eigenvalue weighted by Gasteiger charge is 2.13. The third-order valence-corrected chi connectivity index (χ3v) is 4.06. The fraction of sp³-hybridized carbons (Fsp3) is 0.238. The van der Waals surface area contributed by atoms with E-state index in [0.29, 0.717) is 18.3 Å². The van der Waals surface area contributed by atoms with E-state index in [9.17, 15) is 0 Å². The van der Waals surface area contributed by atoms with Crippen molar-refractivity contribution in [1.29, 1.82) is 0 Å². The van der Waals surface area contributed by atoms with Crippen molar-refractivity contribution in [1.82, 2.24) is 9.97 Å². The lowest BCUT2D eigenvalue weighted by molar-refractivity contribution is 0.174. The summed E-state index contributed by atoms with van der Waals surface area (Å²) in [5.41, 5.74) is 1.92. The lowest BCUT2D eigenvalue weighted by atomic mass is 10.2. The minimum atomic E-state index is 0.0901. The van der Waals surface area contributed by atoms with Gasteiger partial charge in [-0.2, -0.15) is 4.98 Å². The zero-order chi connectivity index (χ0) is 19.3. The van der Waals surface area contributed by atoms with Gasteiger partial charge in [-0.15, -0.1) is 0 Å². The van der Waals surface area contributed by atoms with Crippen LogP contribution in [0.1, 0.15) is 19.4 Å². The van der Waals surface area contributed by atoms with Gasteiger partial charge in [0, 0.05) is 12.7 Å². The molecule has 2 heterocycles. The largest absolute Gasteiger partial charge is 0.489 e. The second-order valence-corrected chi connectivity index (χ2v) is 6.59. The molecule has 1 aromatic heterocycles. The van der Waals surface area contributed by atoms with Crippen molar-refractivity contribution in [2.24, 2.45) is 0 Å². The Hall–Kier alpha value is -3.48. The number of nitrogens with zero attached hydrogens (tertiary/aromatic N) is 2. The number of hydrogen-bond acceptors (Lipinski definition) is 7. The number of hydrogen-bond donors (Lipinski definition) is 2. The fourth-order valence-electron chi connectivity index (χ4n) is 2.81. The Morgan fingerprint density at radius 1 is 1.07 bits per heavy atom. The molecule has 2 aromatic carbocycles. The van der Waals surface area contributed by atoms with Crippen molar-refractivity contribution in [2.75, 3.05) is 17.4 Å². The Bertz CT molecular complexity index is 962. The second-order valence-electron chi connectivity index (χ2n) is 6.59. The van der Waals surface area contributed by atoms with Gasteiger partial charge >= 0.3 is 0 Å². The molecule has 0 fully saturated rings. The van der Waals surface area contributed by atoms with Crippen molar-refractivity contribution in [2.45, 2.75) is 26.5 Å². The van der Waals surface area contributed by atoms with E-state index in [0.717, 1.165) is 28.5 Å². The maximum atomic E-state index is 5.85. The smallest absolute Gasteiger partial charge is 0.231 e. The van der Waals surface area contributed by atoms with E-state index in [1.165, 1.54) is 0 Å². The maximum absolute atomic E-state index is 5.85. The molecule has 1 aliphatic rings. The van der Waals surface area contributed by atoms with Gasteiger partial charge in [0.1, 0.15) is 11.6 Å². The summed E-state index contributed by atoms with van der Waals surface area (Å²) in [7, 11) is 0. The summed E-state index contributed by atoms with van der Waals surface area (Å²) in [4.78, 5) is 8.82. The number of fused-ring (bicyclic) bond motifs is 1. The standard InChI is InChI=1S/C21H22N4O3/c1-14(2)28-17-6-4-3-5-16(17)24-20-9-10-22-21(25-20)23-12-15-7-8-18-19(11-15)27-13-26-18/h3-11,14H,12-13H2,1-2H3,(H2,22,23,24,25). The summed E-state index contributed by atoms with van der Waals surface area (Å²) in [6, 6.07) is 15.5. The van der Waals surface area contributed by atoms with Crippen molar-refractivity contribution >= 4 is 17.5 Å². The molecule has 0 radical (unpaired) electrons. The Morgan fingerprint density at radius 3 is 2.82 bits per heavy atom. The monoisotopic (exact) mass is 378 g/mol. The van der Waals surface area contributed by atoms with E-state index in [4.69, 9.17) is 14.2 Å². The SMILES string of the molecule is CC(C)Oc1ccccc1Nc1ccnc(NCc2ccc3c(c2)OCO3)n1. The van der Waals surface area contributed by atoms with Crippen LogP contribution < -0.4 is 24.8 Å². The van der Waals surface area contributed by atoms with Gasteiger partial charge < -0.3 is 24.8 Å². The molecular formula is C21H22N4O3. The van der Waals surface area contributed by atoms with Crippen LogP contribution in [0.5, 0.6) is 17.2 Å². The van der Waals surface area contributed by atoms with Gasteiger partial charge in [-0.05, 0) is 49.7 Å². The molecule has 28 heavy (non-hydrogen) atoms. The normalized spacial score (nSPS) is 12.1. The molecule has 0 amide bonds. The first kappa shape index (κ1) is 17.9. The summed E-state index contributed by atoms with van der Waals surface area (Å²) in [5.74, 6) is 3.53. The average Bonchev–Trinajstić information content (AvgIpc) is 3.16. The fourth-order valence-corrected chi connectivity index (χ4v) is 2.81. The van der Waals surface area contributed by atoms with Crippen LogP contribution in [0.2, 0.25) is 0 Å². The molecule has 0 aliphatic carbocycles. The minimum Gasteiger partial charge on any atom is -0.489 e. The summed E-state index contributed by atoms with van der Waals surface area (Å²) < 4.78 is 16.6. The Kier molecular flexibility index (Phi) is 5.14. The molecule has 0 bridgehead atoms. The molecule has 7 heteroatoms. The highest BCUT2D eigenvalue weighted by molar-refractivity contribution is 5.64. The van der Waals surface area contributed by atoms with Crippen LogP contribution in [0.15, 0.2) is 54.7 Å². The van der Waals surface area contributed by atoms with E-state index < -0.39 is 0 Å². The van der Waals surface area contributed by atoms with Crippen LogP contribution in [0, 0.1) is 0 Å². The predicted octanol–water partition coefficient (Wildman–Crippen LogP) is 4.35. The summed E-state index contributed by atoms with van der Waals surface area (Å²) >= 11 is 0. The van der Waals surface area contributed by atoms with E-state index in [1.807, 2.05) is 62.4 Å². The van der Waals surface area contributed by atoms with E-state index in [-0.39, 0.29) is 12.9 Å². The van der Waals surface area contributed by atoms with Gasteiger partial charge in [0.05, 0.1) is 11.8 Å². The van der Waals surface area contributed by atoms with E-state index in [2.05, 4.69) is 20.6 Å². The number of benzene rings is 2. The van der Waals surface area contributed by atoms with Crippen LogP contribution in [0.25, 0.3) is 0 Å². The van der Waals surface area contributed by atoms with Crippen molar-refractivity contribution in [3.63, 3.8) is 0 Å². The minimum absolute atomic E-state index is 0.0901. The highest BCUT2D eigenvalue weighted by Crippen LogP contribution is 2.32. The molecule has 0 atom stereocenters. The van der Waals surface area contributed by atoms with Crippen LogP contribution in [0.4, 0.5) is 17.5 Å². The topological polar surface area (TPSA) is 77.5 Å². The number of para-hydroxylation sites is 2. The van der Waals surface area contributed by atoms with Crippen molar-refractivity contribution in [3.05, 3.63) is 60.3 Å². The first-order valence-corrected chi connectivity index (χ1v) is 9.15. The number of nitrogens with one attached hydrogen (secondary N) is 2. The maximum Gasteiger partial charge on any atom is 0.231 e. The van der Waals surface area contributed by atoms with Crippen LogP contribution in [0.3, 0.4) is 0 Å². The molecule has 0 saturated carbocycles. The average molecular weight is 378 g/mol. The zero-order valence-corrected chi connectivity index (χ0v) is 15.8. The van der Waals surface area contributed by atoms with Gasteiger partial charge in [-0.3, -0.25) is 0 Å². The second kappa shape index (κ2) is 8.04. The molecule has 0 spiro atoms. The first-order valence-electron chi connectivity index (χ1n) is 9.15. The predicted molar refractivity (Wildman–Crippen MR) is 107 cm³/mol. The van der Waals surface area contributed by atoms with Gasteiger partial charge in [0.2, 0.25) is 12.7 Å². The van der Waals surface area contributed by atoms with Crippen LogP contribution >= 0.6 is 0 Å². The molecule has 1 aliphatic heterocycles. The molecule has 0 saturated heterocycles. The Labute approximate surface area is 163 Å². The lowest BCUT2D eigenvalue weighted by Crippen LogP contribution is -2.08. The van der Waals surface area contributed by atoms with Crippen LogP contribution in [-0.4, -0.2) is 22.9 Å². The lowest BCUT2D eigenvalue weighted by Gasteiger charge is -2.15. The van der Waals surface area contributed by atoms with Gasteiger partial charge in [0.25, 0.3) is 0 Å². The molecule has 2 N–H and O–H groups in total. The van der Waals surface area contributed by atoms with E-state index in [1.54, 1.807) is 6.20 Å². The highest BCUT2D eigenvalue weighted by atomic mass is 16.7. The molecular weight excluding hydrogens is 356 g/mol. The summed E-state index contributed by atoms with van der Waals surface area (Å²) in [5, 5.41) is 6.53. The van der Waals surface area contributed by atoms with Crippen molar-refractivity contribution in [3.8, 4) is 17.2 Å². The van der Waals surface area contributed by atoms with Gasteiger partial charge in [-0.25, -0.2) is 4.98 Å². The zero-order valence-electron chi connectivity index (χ0n) is 15.8. The van der Waals surface area contributed by atoms with Crippen molar-refractivity contribution < 1.29 is 14.2 Å². The number of ether oxygens (including phenoxy) is 3. The number of anilines is 3. The number of aromatic nitrogens is 2. The summed E-state index contributed by atoms with van der Waals surface area (Å²) in [6.07, 6.45) is 1.80. The molecule has 7 nitrogen and oxygen atoms in total. The quantitative estimate of drug-likeness (QED) is 0.633. The molecule has 144 valence electrons. The van der Waals surface area contributed by atoms with E-state index >= 15 is 0 Å². The van der Waals surface area contributed by atoms with Gasteiger partial charge in [-0.1, -0.05) is 18.2 Å². The third-order valence-electron chi connectivity index (χ3n) is 4.06.